The number of anilines is 1. The molecule has 0 bridgehead atoms. The van der Waals surface area contributed by atoms with Gasteiger partial charge in [-0.1, -0.05) is 0 Å². The second-order valence-corrected chi connectivity index (χ2v) is 7.67. The molecule has 1 N–H and O–H groups in total. The highest BCUT2D eigenvalue weighted by Gasteiger charge is 2.25. The quantitative estimate of drug-likeness (QED) is 0.856. The first-order valence-electron chi connectivity index (χ1n) is 7.78. The van der Waals surface area contributed by atoms with E-state index < -0.39 is 28.3 Å². The number of carbonyl (C=O) groups excluding carboxylic acids is 1. The van der Waals surface area contributed by atoms with Crippen molar-refractivity contribution in [2.24, 2.45) is 0 Å². The molecule has 0 saturated heterocycles. The average molecular weight is 380 g/mol. The van der Waals surface area contributed by atoms with Gasteiger partial charge in [0.2, 0.25) is 15.9 Å². The van der Waals surface area contributed by atoms with Gasteiger partial charge in [0.15, 0.2) is 11.5 Å². The molecule has 2 aromatic rings. The molecule has 1 amide bonds. The van der Waals surface area contributed by atoms with Gasteiger partial charge in [-0.25, -0.2) is 12.8 Å². The first kappa shape index (κ1) is 18.2. The largest absolute Gasteiger partial charge is 0.486 e. The van der Waals surface area contributed by atoms with E-state index in [9.17, 15) is 17.6 Å². The van der Waals surface area contributed by atoms with E-state index in [0.29, 0.717) is 30.4 Å². The maximum Gasteiger partial charge on any atom is 0.243 e. The Balaban J connectivity index is 1.70. The fourth-order valence-electron chi connectivity index (χ4n) is 2.39. The van der Waals surface area contributed by atoms with Crippen molar-refractivity contribution in [3.05, 3.63) is 48.3 Å². The van der Waals surface area contributed by atoms with Crippen LogP contribution in [0.15, 0.2) is 47.4 Å². The number of fused-ring (bicyclic) bond motifs is 1. The predicted octanol–water partition coefficient (Wildman–Crippen LogP) is 1.86. The molecule has 138 valence electrons. The second-order valence-electron chi connectivity index (χ2n) is 5.62. The van der Waals surface area contributed by atoms with Crippen molar-refractivity contribution in [2.75, 3.05) is 32.1 Å². The van der Waals surface area contributed by atoms with Gasteiger partial charge in [0.25, 0.3) is 0 Å². The molecule has 26 heavy (non-hydrogen) atoms. The molecule has 0 unspecified atom stereocenters. The van der Waals surface area contributed by atoms with Crippen molar-refractivity contribution < 1.29 is 27.1 Å². The minimum atomic E-state index is -3.89. The molecule has 0 atom stereocenters. The van der Waals surface area contributed by atoms with Gasteiger partial charge >= 0.3 is 0 Å². The SMILES string of the molecule is CN(CC(=O)Nc1ccc(F)cc1)S(=O)(=O)c1ccc2c(c1)OCCO2. The lowest BCUT2D eigenvalue weighted by Crippen LogP contribution is -2.35. The lowest BCUT2D eigenvalue weighted by Gasteiger charge is -2.21. The molecule has 1 aliphatic rings. The van der Waals surface area contributed by atoms with Gasteiger partial charge in [-0.15, -0.1) is 0 Å². The number of amides is 1. The number of halogens is 1. The first-order chi connectivity index (χ1) is 12.4. The Morgan fingerprint density at radius 1 is 1.12 bits per heavy atom. The van der Waals surface area contributed by atoms with Crippen LogP contribution in [0, 0.1) is 5.82 Å². The minimum Gasteiger partial charge on any atom is -0.486 e. The molecule has 0 aromatic heterocycles. The van der Waals surface area contributed by atoms with Crippen molar-refractivity contribution >= 4 is 21.6 Å². The number of rotatable bonds is 5. The standard InChI is InChI=1S/C17H17FN2O5S/c1-20(11-17(21)19-13-4-2-12(18)3-5-13)26(22,23)14-6-7-15-16(10-14)25-9-8-24-15/h2-7,10H,8-9,11H2,1H3,(H,19,21). The highest BCUT2D eigenvalue weighted by Crippen LogP contribution is 2.32. The van der Waals surface area contributed by atoms with E-state index in [1.54, 1.807) is 0 Å². The van der Waals surface area contributed by atoms with Crippen LogP contribution in [-0.4, -0.2) is 45.4 Å². The van der Waals surface area contributed by atoms with Gasteiger partial charge in [0, 0.05) is 18.8 Å². The highest BCUT2D eigenvalue weighted by molar-refractivity contribution is 7.89. The summed E-state index contributed by atoms with van der Waals surface area (Å²) in [5.74, 6) is -0.144. The number of sulfonamides is 1. The molecule has 0 fully saturated rings. The van der Waals surface area contributed by atoms with Crippen molar-refractivity contribution in [3.8, 4) is 11.5 Å². The Labute approximate surface area is 150 Å². The molecule has 1 heterocycles. The van der Waals surface area contributed by atoms with Crippen LogP contribution in [0.2, 0.25) is 0 Å². The zero-order valence-corrected chi connectivity index (χ0v) is 14.8. The third kappa shape index (κ3) is 3.94. The van der Waals surface area contributed by atoms with Crippen LogP contribution in [0.4, 0.5) is 10.1 Å². The van der Waals surface area contributed by atoms with E-state index in [1.165, 1.54) is 49.5 Å². The molecular formula is C17H17FN2O5S. The number of benzene rings is 2. The van der Waals surface area contributed by atoms with Gasteiger partial charge in [-0.2, -0.15) is 4.31 Å². The summed E-state index contributed by atoms with van der Waals surface area (Å²) in [5, 5.41) is 2.52. The second kappa shape index (κ2) is 7.30. The summed E-state index contributed by atoms with van der Waals surface area (Å²) in [6.07, 6.45) is 0. The third-order valence-electron chi connectivity index (χ3n) is 3.72. The molecule has 0 saturated carbocycles. The van der Waals surface area contributed by atoms with E-state index in [0.717, 1.165) is 4.31 Å². The van der Waals surface area contributed by atoms with Crippen LogP contribution >= 0.6 is 0 Å². The Bertz CT molecular complexity index is 915. The van der Waals surface area contributed by atoms with E-state index in [1.807, 2.05) is 0 Å². The van der Waals surface area contributed by atoms with Gasteiger partial charge in [0.1, 0.15) is 19.0 Å². The van der Waals surface area contributed by atoms with Crippen molar-refractivity contribution in [3.63, 3.8) is 0 Å². The summed E-state index contributed by atoms with van der Waals surface area (Å²) >= 11 is 0. The average Bonchev–Trinajstić information content (AvgIpc) is 2.63. The summed E-state index contributed by atoms with van der Waals surface area (Å²) < 4.78 is 49.9. The van der Waals surface area contributed by atoms with Crippen LogP contribution in [-0.2, 0) is 14.8 Å². The van der Waals surface area contributed by atoms with Crippen molar-refractivity contribution in [2.45, 2.75) is 4.90 Å². The summed E-state index contributed by atoms with van der Waals surface area (Å²) in [4.78, 5) is 12.1. The molecule has 0 radical (unpaired) electrons. The summed E-state index contributed by atoms with van der Waals surface area (Å²) in [6, 6.07) is 9.48. The summed E-state index contributed by atoms with van der Waals surface area (Å²) in [5.41, 5.74) is 0.376. The normalized spacial score (nSPS) is 13.5. The maximum atomic E-state index is 12.9. The van der Waals surface area contributed by atoms with E-state index >= 15 is 0 Å². The van der Waals surface area contributed by atoms with Crippen LogP contribution in [0.3, 0.4) is 0 Å². The Morgan fingerprint density at radius 2 is 1.77 bits per heavy atom. The Kier molecular flexibility index (Phi) is 5.10. The topological polar surface area (TPSA) is 84.9 Å². The maximum absolute atomic E-state index is 12.9. The zero-order valence-electron chi connectivity index (χ0n) is 13.9. The molecule has 7 nitrogen and oxygen atoms in total. The zero-order chi connectivity index (χ0) is 18.7. The molecule has 9 heteroatoms. The fourth-order valence-corrected chi connectivity index (χ4v) is 3.53. The minimum absolute atomic E-state index is 0.00108. The van der Waals surface area contributed by atoms with E-state index in [2.05, 4.69) is 5.32 Å². The number of hydrogen-bond acceptors (Lipinski definition) is 5. The Hall–Kier alpha value is -2.65. The molecular weight excluding hydrogens is 363 g/mol. The lowest BCUT2D eigenvalue weighted by molar-refractivity contribution is -0.116. The summed E-state index contributed by atoms with van der Waals surface area (Å²) in [6.45, 7) is 0.350. The van der Waals surface area contributed by atoms with Gasteiger partial charge < -0.3 is 14.8 Å². The Morgan fingerprint density at radius 3 is 2.46 bits per heavy atom. The van der Waals surface area contributed by atoms with Crippen molar-refractivity contribution in [1.82, 2.24) is 4.31 Å². The van der Waals surface area contributed by atoms with E-state index in [4.69, 9.17) is 9.47 Å². The summed E-state index contributed by atoms with van der Waals surface area (Å²) in [7, 11) is -2.59. The number of carbonyl (C=O) groups is 1. The monoisotopic (exact) mass is 380 g/mol. The lowest BCUT2D eigenvalue weighted by atomic mass is 10.3. The van der Waals surface area contributed by atoms with Crippen LogP contribution in [0.5, 0.6) is 11.5 Å². The van der Waals surface area contributed by atoms with Gasteiger partial charge in [-0.05, 0) is 36.4 Å². The van der Waals surface area contributed by atoms with E-state index in [-0.39, 0.29) is 4.90 Å². The molecule has 2 aromatic carbocycles. The number of ether oxygens (including phenoxy) is 2. The fraction of sp³-hybridized carbons (Fsp3) is 0.235. The molecule has 0 spiro atoms. The number of hydrogen-bond donors (Lipinski definition) is 1. The van der Waals surface area contributed by atoms with Gasteiger partial charge in [-0.3, -0.25) is 4.79 Å². The molecule has 0 aliphatic carbocycles. The number of nitrogens with zero attached hydrogens (tertiary/aromatic N) is 1. The van der Waals surface area contributed by atoms with Crippen LogP contribution < -0.4 is 14.8 Å². The smallest absolute Gasteiger partial charge is 0.243 e. The van der Waals surface area contributed by atoms with Crippen LogP contribution in [0.25, 0.3) is 0 Å². The predicted molar refractivity (Wildman–Crippen MR) is 92.3 cm³/mol. The van der Waals surface area contributed by atoms with Crippen LogP contribution in [0.1, 0.15) is 0 Å². The number of nitrogens with one attached hydrogen (secondary N) is 1. The van der Waals surface area contributed by atoms with Crippen molar-refractivity contribution in [1.29, 1.82) is 0 Å². The molecule has 3 rings (SSSR count). The first-order valence-corrected chi connectivity index (χ1v) is 9.22. The third-order valence-corrected chi connectivity index (χ3v) is 5.52. The molecule has 1 aliphatic heterocycles. The number of likely N-dealkylation sites (N-methyl/N-ethyl adjacent to an activating group) is 1. The highest BCUT2D eigenvalue weighted by atomic mass is 32.2. The van der Waals surface area contributed by atoms with Gasteiger partial charge in [0.05, 0.1) is 11.4 Å².